The zero-order valence-electron chi connectivity index (χ0n) is 7.68. The van der Waals surface area contributed by atoms with Crippen molar-refractivity contribution in [2.45, 2.75) is 6.42 Å². The third-order valence-electron chi connectivity index (χ3n) is 1.96. The van der Waals surface area contributed by atoms with Crippen LogP contribution in [0.2, 0.25) is 0 Å². The van der Waals surface area contributed by atoms with Gasteiger partial charge < -0.3 is 4.42 Å². The van der Waals surface area contributed by atoms with E-state index in [0.717, 1.165) is 28.8 Å². The van der Waals surface area contributed by atoms with Gasteiger partial charge in [0.05, 0.1) is 0 Å². The average molecular weight is 205 g/mol. The van der Waals surface area contributed by atoms with Gasteiger partial charge in [-0.15, -0.1) is 0 Å². The molecule has 1 aromatic heterocycles. The van der Waals surface area contributed by atoms with E-state index in [9.17, 15) is 0 Å². The Kier molecular flexibility index (Phi) is 2.89. The maximum absolute atomic E-state index is 5.15. The molecule has 2 aromatic rings. The monoisotopic (exact) mass is 205 g/mol. The molecule has 0 amide bonds. The van der Waals surface area contributed by atoms with Crippen molar-refractivity contribution in [2.24, 2.45) is 0 Å². The minimum absolute atomic E-state index is 0.830. The van der Waals surface area contributed by atoms with Crippen molar-refractivity contribution in [1.82, 2.24) is 4.98 Å². The van der Waals surface area contributed by atoms with Crippen LogP contribution in [-0.2, 0) is 0 Å². The van der Waals surface area contributed by atoms with Crippen LogP contribution < -0.4 is 0 Å². The summed E-state index contributed by atoms with van der Waals surface area (Å²) in [5.74, 6) is 0.878. The minimum Gasteiger partial charge on any atom is -0.443 e. The summed E-state index contributed by atoms with van der Waals surface area (Å²) >= 11 is 4.14. The quantitative estimate of drug-likeness (QED) is 0.779. The summed E-state index contributed by atoms with van der Waals surface area (Å²) in [6, 6.07) is 5.96. The molecule has 2 rings (SSSR count). The number of nitrogens with zero attached hydrogens (tertiary/aromatic N) is 1. The molecular formula is C11H11NOS. The molecule has 72 valence electrons. The van der Waals surface area contributed by atoms with Crippen LogP contribution in [0.15, 0.2) is 35.1 Å². The Labute approximate surface area is 88.1 Å². The molecule has 0 saturated carbocycles. The Hall–Kier alpha value is -1.22. The molecule has 0 fully saturated rings. The number of rotatable bonds is 3. The Balaban J connectivity index is 2.25. The first-order valence-corrected chi connectivity index (χ1v) is 5.14. The maximum atomic E-state index is 5.15. The van der Waals surface area contributed by atoms with Crippen molar-refractivity contribution in [3.05, 3.63) is 36.2 Å². The molecule has 14 heavy (non-hydrogen) atoms. The molecule has 0 aliphatic heterocycles. The van der Waals surface area contributed by atoms with E-state index in [1.807, 2.05) is 18.2 Å². The summed E-state index contributed by atoms with van der Waals surface area (Å²) in [7, 11) is 0. The molecule has 0 aliphatic carbocycles. The fraction of sp³-hybridized carbons (Fsp3) is 0.182. The van der Waals surface area contributed by atoms with E-state index in [4.69, 9.17) is 4.42 Å². The van der Waals surface area contributed by atoms with Crippen LogP contribution in [0.3, 0.4) is 0 Å². The Morgan fingerprint density at radius 3 is 3.21 bits per heavy atom. The molecule has 0 bridgehead atoms. The van der Waals surface area contributed by atoms with Crippen molar-refractivity contribution >= 4 is 29.8 Å². The maximum Gasteiger partial charge on any atom is 0.181 e. The van der Waals surface area contributed by atoms with Crippen molar-refractivity contribution in [3.63, 3.8) is 0 Å². The van der Waals surface area contributed by atoms with Gasteiger partial charge in [0, 0.05) is 0 Å². The summed E-state index contributed by atoms with van der Waals surface area (Å²) < 4.78 is 5.15. The van der Waals surface area contributed by atoms with Gasteiger partial charge in [-0.1, -0.05) is 18.2 Å². The second kappa shape index (κ2) is 4.33. The lowest BCUT2D eigenvalue weighted by molar-refractivity contribution is 0.602. The van der Waals surface area contributed by atoms with Crippen LogP contribution in [0.25, 0.3) is 17.2 Å². The summed E-state index contributed by atoms with van der Waals surface area (Å²) in [4.78, 5) is 4.09. The van der Waals surface area contributed by atoms with Crippen LogP contribution in [0, 0.1) is 0 Å². The van der Waals surface area contributed by atoms with Gasteiger partial charge >= 0.3 is 0 Å². The molecule has 0 radical (unpaired) electrons. The number of allylic oxidation sites excluding steroid dienone is 1. The zero-order valence-corrected chi connectivity index (χ0v) is 8.58. The smallest absolute Gasteiger partial charge is 0.181 e. The normalized spacial score (nSPS) is 11.5. The number of hydrogen-bond acceptors (Lipinski definition) is 3. The largest absolute Gasteiger partial charge is 0.443 e. The first-order chi connectivity index (χ1) is 6.90. The highest BCUT2D eigenvalue weighted by Crippen LogP contribution is 2.15. The van der Waals surface area contributed by atoms with Gasteiger partial charge in [0.1, 0.15) is 5.52 Å². The lowest BCUT2D eigenvalue weighted by Gasteiger charge is -1.92. The number of oxazole rings is 1. The number of hydrogen-bond donors (Lipinski definition) is 1. The highest BCUT2D eigenvalue weighted by atomic mass is 32.1. The highest BCUT2D eigenvalue weighted by Gasteiger charge is 1.96. The lowest BCUT2D eigenvalue weighted by atomic mass is 10.2. The van der Waals surface area contributed by atoms with E-state index in [1.54, 1.807) is 0 Å². The highest BCUT2D eigenvalue weighted by molar-refractivity contribution is 7.80. The predicted octanol–water partition coefficient (Wildman–Crippen LogP) is 3.16. The summed E-state index contributed by atoms with van der Waals surface area (Å²) in [5, 5.41) is 0. The van der Waals surface area contributed by atoms with Crippen LogP contribution >= 0.6 is 12.6 Å². The lowest BCUT2D eigenvalue weighted by Crippen LogP contribution is -1.73. The van der Waals surface area contributed by atoms with Crippen LogP contribution in [0.5, 0.6) is 0 Å². The van der Waals surface area contributed by atoms with Gasteiger partial charge in [0.25, 0.3) is 0 Å². The molecule has 2 nitrogen and oxygen atoms in total. The van der Waals surface area contributed by atoms with E-state index in [2.05, 4.69) is 29.8 Å². The van der Waals surface area contributed by atoms with Gasteiger partial charge in [-0.3, -0.25) is 0 Å². The fourth-order valence-electron chi connectivity index (χ4n) is 1.27. The summed E-state index contributed by atoms with van der Waals surface area (Å²) in [6.07, 6.45) is 6.63. The van der Waals surface area contributed by atoms with Crippen molar-refractivity contribution < 1.29 is 4.42 Å². The van der Waals surface area contributed by atoms with Crippen molar-refractivity contribution in [3.8, 4) is 0 Å². The molecule has 0 atom stereocenters. The number of benzene rings is 1. The van der Waals surface area contributed by atoms with Gasteiger partial charge in [0.15, 0.2) is 12.0 Å². The van der Waals surface area contributed by atoms with E-state index < -0.39 is 0 Å². The number of fused-ring (bicyclic) bond motifs is 1. The SMILES string of the molecule is SCCC=Cc1ccc2ocnc2c1. The Morgan fingerprint density at radius 1 is 1.43 bits per heavy atom. The van der Waals surface area contributed by atoms with Gasteiger partial charge in [0.2, 0.25) is 0 Å². The van der Waals surface area contributed by atoms with Crippen LogP contribution in [0.1, 0.15) is 12.0 Å². The standard InChI is InChI=1S/C11H11NOS/c14-6-2-1-3-9-4-5-11-10(7-9)12-8-13-11/h1,3-5,7-8,14H,2,6H2. The number of aromatic nitrogens is 1. The second-order valence-electron chi connectivity index (χ2n) is 2.99. The molecule has 0 N–H and O–H groups in total. The molecule has 0 aliphatic rings. The predicted molar refractivity (Wildman–Crippen MR) is 61.5 cm³/mol. The van der Waals surface area contributed by atoms with Gasteiger partial charge in [-0.25, -0.2) is 4.98 Å². The van der Waals surface area contributed by atoms with Crippen molar-refractivity contribution in [1.29, 1.82) is 0 Å². The Bertz CT molecular complexity index is 447. The first kappa shape index (κ1) is 9.34. The van der Waals surface area contributed by atoms with E-state index in [0.29, 0.717) is 0 Å². The topological polar surface area (TPSA) is 26.0 Å². The molecule has 1 aromatic carbocycles. The van der Waals surface area contributed by atoms with E-state index in [1.165, 1.54) is 6.39 Å². The molecule has 3 heteroatoms. The minimum atomic E-state index is 0.830. The summed E-state index contributed by atoms with van der Waals surface area (Å²) in [6.45, 7) is 0. The molecule has 0 unspecified atom stereocenters. The third-order valence-corrected chi connectivity index (χ3v) is 2.22. The number of thiol groups is 1. The average Bonchev–Trinajstić information content (AvgIpc) is 2.65. The third kappa shape index (κ3) is 1.99. The van der Waals surface area contributed by atoms with Crippen LogP contribution in [0.4, 0.5) is 0 Å². The molecule has 0 spiro atoms. The second-order valence-corrected chi connectivity index (χ2v) is 3.44. The molecule has 0 saturated heterocycles. The van der Waals surface area contributed by atoms with E-state index >= 15 is 0 Å². The summed E-state index contributed by atoms with van der Waals surface area (Å²) in [5.41, 5.74) is 2.88. The fourth-order valence-corrected chi connectivity index (χ4v) is 1.42. The van der Waals surface area contributed by atoms with E-state index in [-0.39, 0.29) is 0 Å². The first-order valence-electron chi connectivity index (χ1n) is 4.51. The molecule has 1 heterocycles. The Morgan fingerprint density at radius 2 is 2.36 bits per heavy atom. The van der Waals surface area contributed by atoms with Gasteiger partial charge in [-0.2, -0.15) is 12.6 Å². The van der Waals surface area contributed by atoms with Crippen LogP contribution in [-0.4, -0.2) is 10.7 Å². The van der Waals surface area contributed by atoms with Gasteiger partial charge in [-0.05, 0) is 29.9 Å². The van der Waals surface area contributed by atoms with Crippen molar-refractivity contribution in [2.75, 3.05) is 5.75 Å². The zero-order chi connectivity index (χ0) is 9.80. The molecular weight excluding hydrogens is 194 g/mol.